The van der Waals surface area contributed by atoms with Crippen LogP contribution in [0.1, 0.15) is 12.0 Å². The zero-order valence-corrected chi connectivity index (χ0v) is 11.2. The molecule has 1 aromatic carbocycles. The number of thioether (sulfide) groups is 1. The van der Waals surface area contributed by atoms with Gasteiger partial charge in [-0.05, 0) is 36.8 Å². The molecule has 0 amide bonds. The van der Waals surface area contributed by atoms with Crippen molar-refractivity contribution in [2.75, 3.05) is 29.2 Å². The molecule has 0 spiro atoms. The van der Waals surface area contributed by atoms with Crippen molar-refractivity contribution in [1.29, 1.82) is 0 Å². The summed E-state index contributed by atoms with van der Waals surface area (Å²) in [6.07, 6.45) is 1.25. The van der Waals surface area contributed by atoms with Crippen LogP contribution >= 0.6 is 23.4 Å². The molecule has 1 atom stereocenters. The number of hydrogen-bond acceptors (Lipinski definition) is 3. The molecule has 0 aliphatic carbocycles. The van der Waals surface area contributed by atoms with E-state index < -0.39 is 0 Å². The number of anilines is 2. The molecule has 1 unspecified atom stereocenters. The molecule has 1 fully saturated rings. The fraction of sp³-hybridized carbons (Fsp3) is 0.500. The summed E-state index contributed by atoms with van der Waals surface area (Å²) in [6, 6.07) is 4.56. The summed E-state index contributed by atoms with van der Waals surface area (Å²) in [5, 5.41) is 0.651. The predicted molar refractivity (Wildman–Crippen MR) is 74.7 cm³/mol. The Kier molecular flexibility index (Phi) is 3.55. The van der Waals surface area contributed by atoms with Crippen molar-refractivity contribution in [3.63, 3.8) is 0 Å². The monoisotopic (exact) mass is 256 g/mol. The lowest BCUT2D eigenvalue weighted by Gasteiger charge is -2.28. The van der Waals surface area contributed by atoms with E-state index in [4.69, 9.17) is 17.3 Å². The Balaban J connectivity index is 2.28. The van der Waals surface area contributed by atoms with Crippen molar-refractivity contribution in [1.82, 2.24) is 0 Å². The van der Waals surface area contributed by atoms with Gasteiger partial charge in [0.25, 0.3) is 0 Å². The largest absolute Gasteiger partial charge is 0.398 e. The topological polar surface area (TPSA) is 29.3 Å². The fourth-order valence-corrected chi connectivity index (χ4v) is 3.52. The summed E-state index contributed by atoms with van der Waals surface area (Å²) in [4.78, 5) is 2.33. The van der Waals surface area contributed by atoms with Crippen LogP contribution in [0.4, 0.5) is 11.4 Å². The number of benzene rings is 1. The molecule has 1 saturated heterocycles. The lowest BCUT2D eigenvalue weighted by molar-refractivity contribution is 0.698. The van der Waals surface area contributed by atoms with Gasteiger partial charge < -0.3 is 10.6 Å². The highest BCUT2D eigenvalue weighted by molar-refractivity contribution is 7.99. The summed E-state index contributed by atoms with van der Waals surface area (Å²) in [7, 11) is 2.14. The maximum Gasteiger partial charge on any atom is 0.0656 e. The first-order chi connectivity index (χ1) is 7.59. The number of rotatable bonds is 2. The minimum atomic E-state index is 0.628. The van der Waals surface area contributed by atoms with Gasteiger partial charge in [0.1, 0.15) is 0 Å². The molecule has 0 aromatic heterocycles. The van der Waals surface area contributed by atoms with E-state index in [-0.39, 0.29) is 0 Å². The van der Waals surface area contributed by atoms with Crippen molar-refractivity contribution in [2.24, 2.45) is 0 Å². The minimum absolute atomic E-state index is 0.628. The third-order valence-electron chi connectivity index (χ3n) is 3.15. The quantitative estimate of drug-likeness (QED) is 0.825. The smallest absolute Gasteiger partial charge is 0.0656 e. The Morgan fingerprint density at radius 3 is 2.88 bits per heavy atom. The van der Waals surface area contributed by atoms with Crippen LogP contribution in [0.15, 0.2) is 12.1 Å². The van der Waals surface area contributed by atoms with Crippen LogP contribution in [0.5, 0.6) is 0 Å². The van der Waals surface area contributed by atoms with Gasteiger partial charge in [0.2, 0.25) is 0 Å². The average Bonchev–Trinajstić information content (AvgIpc) is 2.75. The van der Waals surface area contributed by atoms with E-state index in [0.717, 1.165) is 0 Å². The van der Waals surface area contributed by atoms with Gasteiger partial charge in [-0.25, -0.2) is 0 Å². The van der Waals surface area contributed by atoms with Gasteiger partial charge in [-0.1, -0.05) is 11.6 Å². The van der Waals surface area contributed by atoms with Gasteiger partial charge in [0, 0.05) is 24.5 Å². The van der Waals surface area contributed by atoms with Crippen LogP contribution in [-0.4, -0.2) is 24.6 Å². The number of nitrogens with two attached hydrogens (primary N) is 1. The summed E-state index contributed by atoms with van der Waals surface area (Å²) in [5.41, 5.74) is 8.85. The van der Waals surface area contributed by atoms with Crippen LogP contribution in [0, 0.1) is 6.92 Å². The molecular weight excluding hydrogens is 240 g/mol. The second-order valence-electron chi connectivity index (χ2n) is 4.29. The molecule has 1 aliphatic rings. The highest BCUT2D eigenvalue weighted by Gasteiger charge is 2.21. The minimum Gasteiger partial charge on any atom is -0.398 e. The SMILES string of the molecule is Cc1cc(N)c(Cl)cc1N(C)C1CCSC1. The Hall–Kier alpha value is -0.540. The van der Waals surface area contributed by atoms with Crippen molar-refractivity contribution >= 4 is 34.7 Å². The third-order valence-corrected chi connectivity index (χ3v) is 4.62. The van der Waals surface area contributed by atoms with Gasteiger partial charge in [-0.3, -0.25) is 0 Å². The number of nitrogen functional groups attached to an aromatic ring is 1. The molecule has 1 heterocycles. The van der Waals surface area contributed by atoms with E-state index >= 15 is 0 Å². The van der Waals surface area contributed by atoms with E-state index in [9.17, 15) is 0 Å². The van der Waals surface area contributed by atoms with E-state index in [1.165, 1.54) is 29.2 Å². The zero-order valence-electron chi connectivity index (χ0n) is 9.66. The molecule has 1 aliphatic heterocycles. The van der Waals surface area contributed by atoms with Crippen LogP contribution in [0.25, 0.3) is 0 Å². The number of hydrogen-bond donors (Lipinski definition) is 1. The maximum absolute atomic E-state index is 6.08. The number of nitrogens with zero attached hydrogens (tertiary/aromatic N) is 1. The molecule has 1 aromatic rings. The lowest BCUT2D eigenvalue weighted by Crippen LogP contribution is -2.31. The Morgan fingerprint density at radius 1 is 1.50 bits per heavy atom. The zero-order chi connectivity index (χ0) is 11.7. The molecule has 2 N–H and O–H groups in total. The lowest BCUT2D eigenvalue weighted by atomic mass is 10.1. The summed E-state index contributed by atoms with van der Waals surface area (Å²) in [6.45, 7) is 2.08. The Bertz CT molecular complexity index is 389. The highest BCUT2D eigenvalue weighted by Crippen LogP contribution is 2.32. The Morgan fingerprint density at radius 2 is 2.25 bits per heavy atom. The molecule has 4 heteroatoms. The van der Waals surface area contributed by atoms with E-state index in [1.54, 1.807) is 0 Å². The predicted octanol–water partition coefficient (Wildman–Crippen LogP) is 3.17. The molecule has 0 bridgehead atoms. The molecule has 16 heavy (non-hydrogen) atoms. The number of aryl methyl sites for hydroxylation is 1. The molecule has 88 valence electrons. The molecular formula is C12H17ClN2S. The standard InChI is InChI=1S/C12H17ClN2S/c1-8-5-11(14)10(13)6-12(8)15(2)9-3-4-16-7-9/h5-6,9H,3-4,7,14H2,1-2H3. The second kappa shape index (κ2) is 4.76. The number of halogens is 1. The molecule has 2 rings (SSSR count). The third kappa shape index (κ3) is 2.25. The van der Waals surface area contributed by atoms with Crippen molar-refractivity contribution < 1.29 is 0 Å². The van der Waals surface area contributed by atoms with E-state index in [2.05, 4.69) is 18.9 Å². The average molecular weight is 257 g/mol. The van der Waals surface area contributed by atoms with Gasteiger partial charge in [-0.15, -0.1) is 0 Å². The summed E-state index contributed by atoms with van der Waals surface area (Å²) >= 11 is 8.10. The van der Waals surface area contributed by atoms with Crippen LogP contribution < -0.4 is 10.6 Å². The van der Waals surface area contributed by atoms with E-state index in [1.807, 2.05) is 23.9 Å². The first kappa shape index (κ1) is 11.9. The van der Waals surface area contributed by atoms with Gasteiger partial charge in [-0.2, -0.15) is 11.8 Å². The first-order valence-corrected chi connectivity index (χ1v) is 6.99. The van der Waals surface area contributed by atoms with Crippen molar-refractivity contribution in [3.8, 4) is 0 Å². The highest BCUT2D eigenvalue weighted by atomic mass is 35.5. The molecule has 2 nitrogen and oxygen atoms in total. The molecule has 0 radical (unpaired) electrons. The first-order valence-electron chi connectivity index (χ1n) is 5.46. The van der Waals surface area contributed by atoms with Crippen molar-refractivity contribution in [3.05, 3.63) is 22.7 Å². The summed E-state index contributed by atoms with van der Waals surface area (Å²) < 4.78 is 0. The fourth-order valence-electron chi connectivity index (χ4n) is 2.10. The van der Waals surface area contributed by atoms with Crippen LogP contribution in [0.3, 0.4) is 0 Å². The van der Waals surface area contributed by atoms with Gasteiger partial charge >= 0.3 is 0 Å². The normalized spacial score (nSPS) is 20.1. The summed E-state index contributed by atoms with van der Waals surface area (Å²) in [5.74, 6) is 2.47. The van der Waals surface area contributed by atoms with Crippen molar-refractivity contribution in [2.45, 2.75) is 19.4 Å². The Labute approximate surface area is 106 Å². The van der Waals surface area contributed by atoms with Crippen LogP contribution in [0.2, 0.25) is 5.02 Å². The van der Waals surface area contributed by atoms with Crippen LogP contribution in [-0.2, 0) is 0 Å². The molecule has 0 saturated carbocycles. The second-order valence-corrected chi connectivity index (χ2v) is 5.85. The van der Waals surface area contributed by atoms with Gasteiger partial charge in [0.15, 0.2) is 0 Å². The maximum atomic E-state index is 6.08. The van der Waals surface area contributed by atoms with E-state index in [0.29, 0.717) is 16.8 Å². The van der Waals surface area contributed by atoms with Gasteiger partial charge in [0.05, 0.1) is 10.7 Å².